The Bertz CT molecular complexity index is 1000. The maximum Gasteiger partial charge on any atom is 0.168 e. The van der Waals surface area contributed by atoms with Gasteiger partial charge in [-0.15, -0.1) is 0 Å². The molecule has 4 atom stereocenters. The van der Waals surface area contributed by atoms with Crippen LogP contribution in [0.5, 0.6) is 5.75 Å². The highest BCUT2D eigenvalue weighted by Crippen LogP contribution is 2.34. The summed E-state index contributed by atoms with van der Waals surface area (Å²) in [4.78, 5) is 17.4. The third-order valence-electron chi connectivity index (χ3n) is 6.03. The van der Waals surface area contributed by atoms with Gasteiger partial charge in [-0.05, 0) is 48.2 Å². The summed E-state index contributed by atoms with van der Waals surface area (Å²) in [6, 6.07) is 15.5. The number of Topliss-reactive ketones (excluding diaryl/α,β-unsaturated/α-hetero) is 1. The van der Waals surface area contributed by atoms with Crippen molar-refractivity contribution in [2.75, 3.05) is 7.11 Å². The first-order valence-electron chi connectivity index (χ1n) is 10.3. The van der Waals surface area contributed by atoms with E-state index in [1.165, 1.54) is 6.21 Å². The second-order valence-corrected chi connectivity index (χ2v) is 8.48. The molecule has 1 aliphatic carbocycles. The number of benzene rings is 2. The fourth-order valence-corrected chi connectivity index (χ4v) is 4.41. The maximum atomic E-state index is 12.8. The number of hydrazine groups is 1. The van der Waals surface area contributed by atoms with Crippen molar-refractivity contribution < 1.29 is 14.6 Å². The Balaban J connectivity index is 1.51. The molecule has 7 heteroatoms. The van der Waals surface area contributed by atoms with E-state index in [1.54, 1.807) is 7.11 Å². The average Bonchev–Trinajstić information content (AvgIpc) is 3.14. The van der Waals surface area contributed by atoms with Crippen LogP contribution in [0, 0.1) is 0 Å². The zero-order valence-electron chi connectivity index (χ0n) is 17.5. The molecule has 0 aromatic heterocycles. The first-order valence-corrected chi connectivity index (χ1v) is 10.7. The quantitative estimate of drug-likeness (QED) is 0.605. The third kappa shape index (κ3) is 4.66. The Morgan fingerprint density at radius 1 is 1.06 bits per heavy atom. The summed E-state index contributed by atoms with van der Waals surface area (Å²) in [7, 11) is 1.62. The smallest absolute Gasteiger partial charge is 0.168 e. The molecule has 2 aliphatic rings. The van der Waals surface area contributed by atoms with Crippen LogP contribution in [0.2, 0.25) is 5.02 Å². The number of methoxy groups -OCH3 is 1. The van der Waals surface area contributed by atoms with Crippen LogP contribution in [0.1, 0.15) is 42.7 Å². The fraction of sp³-hybridized carbons (Fsp3) is 0.333. The van der Waals surface area contributed by atoms with E-state index in [0.717, 1.165) is 16.9 Å². The van der Waals surface area contributed by atoms with Crippen molar-refractivity contribution in [3.05, 3.63) is 76.0 Å². The van der Waals surface area contributed by atoms with Gasteiger partial charge in [0.1, 0.15) is 17.7 Å². The van der Waals surface area contributed by atoms with Gasteiger partial charge in [-0.3, -0.25) is 15.2 Å². The zero-order valence-corrected chi connectivity index (χ0v) is 18.3. The highest BCUT2D eigenvalue weighted by atomic mass is 35.5. The molecule has 0 saturated carbocycles. The molecule has 0 radical (unpaired) electrons. The van der Waals surface area contributed by atoms with Gasteiger partial charge in [0.15, 0.2) is 5.78 Å². The Morgan fingerprint density at radius 2 is 1.74 bits per heavy atom. The van der Waals surface area contributed by atoms with Gasteiger partial charge in [-0.1, -0.05) is 35.9 Å². The van der Waals surface area contributed by atoms with Crippen molar-refractivity contribution in [3.8, 4) is 5.75 Å². The van der Waals surface area contributed by atoms with Crippen molar-refractivity contribution in [2.24, 2.45) is 4.99 Å². The van der Waals surface area contributed by atoms with Gasteiger partial charge in [0, 0.05) is 36.0 Å². The molecule has 6 nitrogen and oxygen atoms in total. The Labute approximate surface area is 187 Å². The topological polar surface area (TPSA) is 83.0 Å². The van der Waals surface area contributed by atoms with Crippen LogP contribution in [-0.2, 0) is 4.79 Å². The van der Waals surface area contributed by atoms with Crippen molar-refractivity contribution in [3.63, 3.8) is 0 Å². The molecular formula is C24H26ClN3O3. The van der Waals surface area contributed by atoms with Gasteiger partial charge in [0.2, 0.25) is 0 Å². The van der Waals surface area contributed by atoms with Crippen LogP contribution in [0.3, 0.4) is 0 Å². The van der Waals surface area contributed by atoms with Gasteiger partial charge < -0.3 is 9.84 Å². The van der Waals surface area contributed by atoms with Crippen LogP contribution in [-0.4, -0.2) is 36.4 Å². The molecule has 31 heavy (non-hydrogen) atoms. The number of rotatable bonds is 5. The number of aliphatic hydroxyl groups is 1. The van der Waals surface area contributed by atoms with Gasteiger partial charge in [0.25, 0.3) is 0 Å². The molecule has 0 bridgehead atoms. The molecule has 1 aliphatic heterocycles. The Kier molecular flexibility index (Phi) is 6.41. The van der Waals surface area contributed by atoms with Crippen LogP contribution in [0.4, 0.5) is 0 Å². The van der Waals surface area contributed by atoms with Crippen molar-refractivity contribution in [2.45, 2.75) is 43.8 Å². The minimum Gasteiger partial charge on any atom is -0.511 e. The van der Waals surface area contributed by atoms with E-state index < -0.39 is 0 Å². The number of hydrogen-bond donors (Lipinski definition) is 3. The minimum absolute atomic E-state index is 0.0522. The van der Waals surface area contributed by atoms with Gasteiger partial charge in [-0.25, -0.2) is 5.43 Å². The second kappa shape index (κ2) is 9.22. The van der Waals surface area contributed by atoms with E-state index in [2.05, 4.69) is 22.8 Å². The molecule has 162 valence electrons. The van der Waals surface area contributed by atoms with E-state index in [4.69, 9.17) is 16.3 Å². The second-order valence-electron chi connectivity index (χ2n) is 8.04. The van der Waals surface area contributed by atoms with Crippen molar-refractivity contribution >= 4 is 23.6 Å². The van der Waals surface area contributed by atoms with Crippen molar-refractivity contribution in [1.29, 1.82) is 0 Å². The summed E-state index contributed by atoms with van der Waals surface area (Å²) in [5.74, 6) is 0.768. The van der Waals surface area contributed by atoms with E-state index in [0.29, 0.717) is 23.4 Å². The SMILES string of the molecule is COc1ccc(C2CC(=O)C(/C=N/C3NNC(C)C3c3ccc(Cl)cc3)=C(O)C2)cc1. The van der Waals surface area contributed by atoms with Gasteiger partial charge in [0.05, 0.1) is 12.7 Å². The predicted molar refractivity (Wildman–Crippen MR) is 122 cm³/mol. The Hall–Kier alpha value is -2.67. The lowest BCUT2D eigenvalue weighted by Crippen LogP contribution is -2.31. The van der Waals surface area contributed by atoms with Crippen molar-refractivity contribution in [1.82, 2.24) is 10.9 Å². The van der Waals surface area contributed by atoms with E-state index in [1.807, 2.05) is 48.5 Å². The molecule has 0 amide bonds. The monoisotopic (exact) mass is 439 g/mol. The lowest BCUT2D eigenvalue weighted by atomic mass is 9.83. The largest absolute Gasteiger partial charge is 0.511 e. The van der Waals surface area contributed by atoms with Crippen LogP contribution < -0.4 is 15.6 Å². The summed E-state index contributed by atoms with van der Waals surface area (Å²) < 4.78 is 5.19. The number of ketones is 1. The molecule has 4 unspecified atom stereocenters. The minimum atomic E-state index is -0.261. The average molecular weight is 440 g/mol. The number of aliphatic imine (C=N–C) groups is 1. The molecule has 3 N–H and O–H groups in total. The molecule has 2 aromatic rings. The number of halogens is 1. The van der Waals surface area contributed by atoms with E-state index >= 15 is 0 Å². The van der Waals surface area contributed by atoms with E-state index in [-0.39, 0.29) is 35.6 Å². The normalized spacial score (nSPS) is 26.6. The highest BCUT2D eigenvalue weighted by Gasteiger charge is 2.34. The lowest BCUT2D eigenvalue weighted by Gasteiger charge is -2.23. The predicted octanol–water partition coefficient (Wildman–Crippen LogP) is 4.28. The molecule has 1 saturated heterocycles. The molecule has 4 rings (SSSR count). The molecule has 2 aromatic carbocycles. The Morgan fingerprint density at radius 3 is 2.39 bits per heavy atom. The third-order valence-corrected chi connectivity index (χ3v) is 6.28. The first-order chi connectivity index (χ1) is 15.0. The summed E-state index contributed by atoms with van der Waals surface area (Å²) in [6.45, 7) is 2.07. The highest BCUT2D eigenvalue weighted by molar-refractivity contribution is 6.30. The molecule has 1 fully saturated rings. The number of allylic oxidation sites excluding steroid dienone is 2. The zero-order chi connectivity index (χ0) is 22.0. The number of hydrogen-bond acceptors (Lipinski definition) is 6. The van der Waals surface area contributed by atoms with Gasteiger partial charge in [-0.2, -0.15) is 0 Å². The van der Waals surface area contributed by atoms with Crippen LogP contribution in [0.15, 0.2) is 64.9 Å². The molecular weight excluding hydrogens is 414 g/mol. The summed E-state index contributed by atoms with van der Waals surface area (Å²) in [5, 5.41) is 11.3. The summed E-state index contributed by atoms with van der Waals surface area (Å²) >= 11 is 6.02. The molecule has 0 spiro atoms. The number of carbonyl (C=O) groups is 1. The maximum absolute atomic E-state index is 12.8. The number of carbonyl (C=O) groups excluding carboxylic acids is 1. The summed E-state index contributed by atoms with van der Waals surface area (Å²) in [6.07, 6.45) is 2.00. The van der Waals surface area contributed by atoms with Gasteiger partial charge >= 0.3 is 0 Å². The first kappa shape index (κ1) is 21.6. The number of ether oxygens (including phenoxy) is 1. The number of nitrogens with one attached hydrogen (secondary N) is 2. The van der Waals surface area contributed by atoms with E-state index in [9.17, 15) is 9.90 Å². The lowest BCUT2D eigenvalue weighted by molar-refractivity contribution is -0.116. The summed E-state index contributed by atoms with van der Waals surface area (Å²) in [5.41, 5.74) is 8.79. The fourth-order valence-electron chi connectivity index (χ4n) is 4.28. The number of nitrogens with zero attached hydrogens (tertiary/aromatic N) is 1. The number of aliphatic hydroxyl groups excluding tert-OH is 1. The van der Waals surface area contributed by atoms with Crippen LogP contribution >= 0.6 is 11.6 Å². The standard InChI is InChI=1S/C24H26ClN3O3/c1-14-23(16-3-7-18(25)8-4-16)24(28-27-14)26-13-20-21(29)11-17(12-22(20)30)15-5-9-19(31-2)10-6-15/h3-10,13-14,17,23-24,27-29H,11-12H2,1-2H3/b26-13+. The molecule has 1 heterocycles. The van der Waals surface area contributed by atoms with Crippen LogP contribution in [0.25, 0.3) is 0 Å².